The van der Waals surface area contributed by atoms with Crippen molar-refractivity contribution in [2.24, 2.45) is 0 Å². The van der Waals surface area contributed by atoms with Crippen LogP contribution in [0, 0.1) is 6.92 Å². The molecular formula is C43H38BNO2S. The van der Waals surface area contributed by atoms with Crippen LogP contribution >= 0.6 is 11.3 Å². The van der Waals surface area contributed by atoms with Gasteiger partial charge in [0.1, 0.15) is 0 Å². The molecule has 1 aliphatic heterocycles. The fourth-order valence-electron chi connectivity index (χ4n) is 6.80. The number of thiophene rings is 1. The van der Waals surface area contributed by atoms with E-state index in [-0.39, 0.29) is 0 Å². The van der Waals surface area contributed by atoms with E-state index in [1.54, 1.807) is 0 Å². The van der Waals surface area contributed by atoms with Crippen molar-refractivity contribution >= 4 is 61.2 Å². The van der Waals surface area contributed by atoms with Crippen LogP contribution in [-0.2, 0) is 9.31 Å². The number of anilines is 3. The summed E-state index contributed by atoms with van der Waals surface area (Å²) < 4.78 is 15.6. The molecule has 0 N–H and O–H groups in total. The van der Waals surface area contributed by atoms with E-state index in [4.69, 9.17) is 9.31 Å². The molecule has 2 heterocycles. The van der Waals surface area contributed by atoms with Crippen molar-refractivity contribution in [3.05, 3.63) is 145 Å². The van der Waals surface area contributed by atoms with Crippen molar-refractivity contribution in [3.63, 3.8) is 0 Å². The molecule has 6 aromatic carbocycles. The number of nitrogens with zero attached hydrogens (tertiary/aromatic N) is 1. The molecule has 1 aromatic heterocycles. The predicted octanol–water partition coefficient (Wildman–Crippen LogP) is 11.5. The number of para-hydroxylation sites is 2. The number of rotatable bonds is 6. The summed E-state index contributed by atoms with van der Waals surface area (Å²) in [6.45, 7) is 10.6. The molecule has 0 atom stereocenters. The molecule has 7 aromatic rings. The minimum absolute atomic E-state index is 0.417. The average Bonchev–Trinajstić information content (AvgIpc) is 3.58. The quantitative estimate of drug-likeness (QED) is 0.168. The molecule has 0 unspecified atom stereocenters. The van der Waals surface area contributed by atoms with Gasteiger partial charge in [-0.3, -0.25) is 0 Å². The summed E-state index contributed by atoms with van der Waals surface area (Å²) in [5, 5.41) is 2.53. The molecule has 48 heavy (non-hydrogen) atoms. The molecule has 0 spiro atoms. The summed E-state index contributed by atoms with van der Waals surface area (Å²) in [6, 6.07) is 50.3. The van der Waals surface area contributed by atoms with E-state index in [0.29, 0.717) is 0 Å². The number of hydrogen-bond donors (Lipinski definition) is 0. The lowest BCUT2D eigenvalue weighted by atomic mass is 9.77. The molecule has 0 bridgehead atoms. The van der Waals surface area contributed by atoms with Crippen LogP contribution in [0.2, 0.25) is 0 Å². The maximum Gasteiger partial charge on any atom is 0.494 e. The molecule has 1 aliphatic rings. The molecule has 0 saturated carbocycles. The smallest absolute Gasteiger partial charge is 0.399 e. The van der Waals surface area contributed by atoms with Crippen molar-refractivity contribution in [1.29, 1.82) is 0 Å². The minimum Gasteiger partial charge on any atom is -0.399 e. The molecule has 0 radical (unpaired) electrons. The Kier molecular flexibility index (Phi) is 7.52. The lowest BCUT2D eigenvalue weighted by molar-refractivity contribution is 0.00578. The summed E-state index contributed by atoms with van der Waals surface area (Å²) in [6.07, 6.45) is 0. The fourth-order valence-corrected chi connectivity index (χ4v) is 8.05. The molecule has 8 rings (SSSR count). The van der Waals surface area contributed by atoms with Crippen molar-refractivity contribution in [2.45, 2.75) is 45.8 Å². The van der Waals surface area contributed by atoms with E-state index in [0.717, 1.165) is 28.1 Å². The Labute approximate surface area is 287 Å². The number of hydrogen-bond acceptors (Lipinski definition) is 4. The van der Waals surface area contributed by atoms with Crippen molar-refractivity contribution in [3.8, 4) is 22.3 Å². The molecule has 3 nitrogen and oxygen atoms in total. The van der Waals surface area contributed by atoms with E-state index in [1.807, 2.05) is 11.3 Å². The van der Waals surface area contributed by atoms with Crippen LogP contribution < -0.4 is 10.4 Å². The fraction of sp³-hybridized carbons (Fsp3) is 0.163. The van der Waals surface area contributed by atoms with Gasteiger partial charge in [0, 0.05) is 42.8 Å². The van der Waals surface area contributed by atoms with Crippen molar-refractivity contribution < 1.29 is 9.31 Å². The number of fused-ring (bicyclic) bond motifs is 3. The topological polar surface area (TPSA) is 21.7 Å². The second kappa shape index (κ2) is 11.8. The highest BCUT2D eigenvalue weighted by atomic mass is 32.1. The van der Waals surface area contributed by atoms with Gasteiger partial charge < -0.3 is 14.2 Å². The Morgan fingerprint density at radius 3 is 1.79 bits per heavy atom. The maximum atomic E-state index is 6.55. The third-order valence-electron chi connectivity index (χ3n) is 9.89. The molecule has 5 heteroatoms. The standard InChI is InChI=1S/C43H38BNO2S/c1-29-24-31(26-32(25-29)44-46-42(2,3)43(4,5)47-44)37-27-35(45(33-18-11-7-12-19-33)34-20-13-8-14-21-34)28-38-40-36(30-16-9-6-10-17-30)22-15-23-39(40)48-41(37)38/h6-28H,1-5H3. The maximum absolute atomic E-state index is 6.55. The summed E-state index contributed by atoms with van der Waals surface area (Å²) >= 11 is 1.87. The monoisotopic (exact) mass is 643 g/mol. The molecule has 1 fully saturated rings. The molecule has 0 amide bonds. The van der Waals surface area contributed by atoms with Gasteiger partial charge in [-0.2, -0.15) is 0 Å². The van der Waals surface area contributed by atoms with Crippen LogP contribution in [0.3, 0.4) is 0 Å². The Bertz CT molecular complexity index is 2210. The van der Waals surface area contributed by atoms with Gasteiger partial charge in [-0.05, 0) is 99.2 Å². The Morgan fingerprint density at radius 2 is 1.17 bits per heavy atom. The second-order valence-electron chi connectivity index (χ2n) is 13.7. The summed E-state index contributed by atoms with van der Waals surface area (Å²) in [5.41, 5.74) is 9.52. The molecular weight excluding hydrogens is 605 g/mol. The first kappa shape index (κ1) is 30.6. The van der Waals surface area contributed by atoms with Gasteiger partial charge >= 0.3 is 7.12 Å². The second-order valence-corrected chi connectivity index (χ2v) is 14.8. The first-order valence-corrected chi connectivity index (χ1v) is 17.4. The van der Waals surface area contributed by atoms with Crippen LogP contribution in [0.25, 0.3) is 42.4 Å². The first-order chi connectivity index (χ1) is 23.2. The average molecular weight is 644 g/mol. The largest absolute Gasteiger partial charge is 0.494 e. The Morgan fingerprint density at radius 1 is 0.562 bits per heavy atom. The van der Waals surface area contributed by atoms with Gasteiger partial charge in [-0.25, -0.2) is 0 Å². The van der Waals surface area contributed by atoms with E-state index in [9.17, 15) is 0 Å². The lowest BCUT2D eigenvalue weighted by Gasteiger charge is -2.32. The third-order valence-corrected chi connectivity index (χ3v) is 11.1. The summed E-state index contributed by atoms with van der Waals surface area (Å²) in [5.74, 6) is 0. The van der Waals surface area contributed by atoms with Crippen LogP contribution in [-0.4, -0.2) is 18.3 Å². The van der Waals surface area contributed by atoms with E-state index in [1.165, 1.54) is 42.4 Å². The zero-order valence-electron chi connectivity index (χ0n) is 28.0. The summed E-state index contributed by atoms with van der Waals surface area (Å²) in [4.78, 5) is 2.36. The SMILES string of the molecule is Cc1cc(B2OC(C)(C)C(C)(C)O2)cc(-c2cc(N(c3ccccc3)c3ccccc3)cc3c2sc2cccc(-c4ccccc4)c23)c1. The first-order valence-electron chi connectivity index (χ1n) is 16.6. The third kappa shape index (κ3) is 5.33. The highest BCUT2D eigenvalue weighted by Gasteiger charge is 2.51. The van der Waals surface area contributed by atoms with Crippen molar-refractivity contribution in [2.75, 3.05) is 4.90 Å². The van der Waals surface area contributed by atoms with Gasteiger partial charge in [-0.1, -0.05) is 103 Å². The van der Waals surface area contributed by atoms with Crippen LogP contribution in [0.5, 0.6) is 0 Å². The van der Waals surface area contributed by atoms with Crippen LogP contribution in [0.4, 0.5) is 17.1 Å². The lowest BCUT2D eigenvalue weighted by Crippen LogP contribution is -2.41. The Hall–Kier alpha value is -4.68. The van der Waals surface area contributed by atoms with Gasteiger partial charge in [0.05, 0.1) is 11.2 Å². The van der Waals surface area contributed by atoms with Gasteiger partial charge in [-0.15, -0.1) is 11.3 Å². The molecule has 0 aliphatic carbocycles. The highest BCUT2D eigenvalue weighted by molar-refractivity contribution is 7.26. The predicted molar refractivity (Wildman–Crippen MR) is 205 cm³/mol. The molecule has 236 valence electrons. The highest BCUT2D eigenvalue weighted by Crippen LogP contribution is 2.48. The van der Waals surface area contributed by atoms with E-state index >= 15 is 0 Å². The van der Waals surface area contributed by atoms with E-state index in [2.05, 4.69) is 179 Å². The summed E-state index contributed by atoms with van der Waals surface area (Å²) in [7, 11) is -0.440. The molecule has 1 saturated heterocycles. The van der Waals surface area contributed by atoms with Gasteiger partial charge in [0.25, 0.3) is 0 Å². The van der Waals surface area contributed by atoms with Crippen LogP contribution in [0.15, 0.2) is 140 Å². The number of aryl methyl sites for hydroxylation is 1. The van der Waals surface area contributed by atoms with Gasteiger partial charge in [0.2, 0.25) is 0 Å². The van der Waals surface area contributed by atoms with Gasteiger partial charge in [0.15, 0.2) is 0 Å². The minimum atomic E-state index is -0.440. The number of benzene rings is 6. The van der Waals surface area contributed by atoms with Crippen molar-refractivity contribution in [1.82, 2.24) is 0 Å². The Balaban J connectivity index is 1.42. The zero-order valence-corrected chi connectivity index (χ0v) is 28.8. The van der Waals surface area contributed by atoms with E-state index < -0.39 is 18.3 Å². The normalized spacial score (nSPS) is 15.3. The van der Waals surface area contributed by atoms with Crippen LogP contribution in [0.1, 0.15) is 33.3 Å². The zero-order chi connectivity index (χ0) is 33.0.